The van der Waals surface area contributed by atoms with Crippen LogP contribution in [0, 0.1) is 0 Å². The van der Waals surface area contributed by atoms with E-state index in [2.05, 4.69) is 17.1 Å². The number of carbonyl (C=O) groups is 1. The van der Waals surface area contributed by atoms with Gasteiger partial charge in [0.15, 0.2) is 0 Å². The standard InChI is InChI=1S/C21H34N2O3/c1-2-3-10-16-25-18-19-11-6-7-12-20(19)22-21(24)26-17-15-23-13-8-4-5-9-14-23/h6-7,11-12H,2-5,8-10,13-18H2,1H3,(H,22,24). The second-order valence-corrected chi connectivity index (χ2v) is 6.93. The molecule has 2 rings (SSSR count). The number of para-hydroxylation sites is 1. The molecule has 0 bridgehead atoms. The van der Waals surface area contributed by atoms with Gasteiger partial charge in [-0.3, -0.25) is 10.2 Å². The third-order valence-electron chi connectivity index (χ3n) is 4.74. The number of hydrogen-bond acceptors (Lipinski definition) is 4. The number of nitrogens with zero attached hydrogens (tertiary/aromatic N) is 1. The van der Waals surface area contributed by atoms with Gasteiger partial charge in [0.25, 0.3) is 0 Å². The molecular formula is C21H34N2O3. The monoisotopic (exact) mass is 362 g/mol. The van der Waals surface area contributed by atoms with Crippen LogP contribution in [0.5, 0.6) is 0 Å². The SMILES string of the molecule is CCCCCOCc1ccccc1NC(=O)OCCN1CCCCCC1. The molecule has 1 aromatic rings. The number of carbonyl (C=O) groups excluding carboxylic acids is 1. The van der Waals surface area contributed by atoms with Crippen LogP contribution in [0.3, 0.4) is 0 Å². The fourth-order valence-electron chi connectivity index (χ4n) is 3.18. The van der Waals surface area contributed by atoms with Crippen LogP contribution in [0.25, 0.3) is 0 Å². The van der Waals surface area contributed by atoms with Gasteiger partial charge in [-0.05, 0) is 38.4 Å². The van der Waals surface area contributed by atoms with E-state index in [-0.39, 0.29) is 0 Å². The summed E-state index contributed by atoms with van der Waals surface area (Å²) in [5.74, 6) is 0. The van der Waals surface area contributed by atoms with E-state index in [0.29, 0.717) is 13.2 Å². The van der Waals surface area contributed by atoms with Gasteiger partial charge in [-0.2, -0.15) is 0 Å². The zero-order valence-corrected chi connectivity index (χ0v) is 16.2. The summed E-state index contributed by atoms with van der Waals surface area (Å²) in [5.41, 5.74) is 1.75. The molecule has 0 atom stereocenters. The Morgan fingerprint density at radius 1 is 1.08 bits per heavy atom. The number of benzene rings is 1. The van der Waals surface area contributed by atoms with Crippen LogP contribution < -0.4 is 5.32 Å². The highest BCUT2D eigenvalue weighted by Crippen LogP contribution is 2.17. The largest absolute Gasteiger partial charge is 0.448 e. The number of rotatable bonds is 10. The fourth-order valence-corrected chi connectivity index (χ4v) is 3.18. The van der Waals surface area contributed by atoms with Crippen molar-refractivity contribution in [2.45, 2.75) is 58.5 Å². The van der Waals surface area contributed by atoms with Gasteiger partial charge >= 0.3 is 6.09 Å². The highest BCUT2D eigenvalue weighted by molar-refractivity contribution is 5.85. The molecule has 1 aliphatic heterocycles. The summed E-state index contributed by atoms with van der Waals surface area (Å²) in [5, 5.41) is 2.85. The van der Waals surface area contributed by atoms with E-state index in [1.165, 1.54) is 38.5 Å². The zero-order chi connectivity index (χ0) is 18.5. The summed E-state index contributed by atoms with van der Waals surface area (Å²) in [6.45, 7) is 6.91. The van der Waals surface area contributed by atoms with Gasteiger partial charge in [0.1, 0.15) is 6.61 Å². The summed E-state index contributed by atoms with van der Waals surface area (Å²) in [6, 6.07) is 7.74. The van der Waals surface area contributed by atoms with E-state index in [0.717, 1.165) is 43.9 Å². The average Bonchev–Trinajstić information content (AvgIpc) is 2.92. The van der Waals surface area contributed by atoms with E-state index < -0.39 is 6.09 Å². The molecule has 0 aliphatic carbocycles. The van der Waals surface area contributed by atoms with Crippen molar-refractivity contribution in [3.8, 4) is 0 Å². The minimum atomic E-state index is -0.391. The Morgan fingerprint density at radius 3 is 2.62 bits per heavy atom. The van der Waals surface area contributed by atoms with E-state index in [9.17, 15) is 4.79 Å². The van der Waals surface area contributed by atoms with Crippen LogP contribution in [0.4, 0.5) is 10.5 Å². The Labute approximate surface area is 158 Å². The number of amides is 1. The number of hydrogen-bond donors (Lipinski definition) is 1. The van der Waals surface area contributed by atoms with E-state index >= 15 is 0 Å². The molecule has 1 aromatic carbocycles. The van der Waals surface area contributed by atoms with Gasteiger partial charge < -0.3 is 9.47 Å². The molecule has 0 saturated carbocycles. The number of anilines is 1. The summed E-state index contributed by atoms with van der Waals surface area (Å²) in [4.78, 5) is 14.5. The Hall–Kier alpha value is -1.59. The Kier molecular flexibility index (Phi) is 10.1. The van der Waals surface area contributed by atoms with Crippen molar-refractivity contribution in [3.63, 3.8) is 0 Å². The predicted octanol–water partition coefficient (Wildman–Crippen LogP) is 4.82. The zero-order valence-electron chi connectivity index (χ0n) is 16.2. The number of unbranched alkanes of at least 4 members (excludes halogenated alkanes) is 2. The van der Waals surface area contributed by atoms with Crippen molar-refractivity contribution >= 4 is 11.8 Å². The molecule has 1 N–H and O–H groups in total. The van der Waals surface area contributed by atoms with Gasteiger partial charge in [0.05, 0.1) is 6.61 Å². The van der Waals surface area contributed by atoms with Crippen LogP contribution in [0.1, 0.15) is 57.4 Å². The van der Waals surface area contributed by atoms with Crippen LogP contribution in [0.15, 0.2) is 24.3 Å². The second-order valence-electron chi connectivity index (χ2n) is 6.93. The molecule has 1 saturated heterocycles. The van der Waals surface area contributed by atoms with Crippen LogP contribution in [0.2, 0.25) is 0 Å². The third-order valence-corrected chi connectivity index (χ3v) is 4.74. The summed E-state index contributed by atoms with van der Waals surface area (Å²) in [6.07, 6.45) is 8.18. The van der Waals surface area contributed by atoms with E-state index in [4.69, 9.17) is 9.47 Å². The molecule has 0 radical (unpaired) electrons. The van der Waals surface area contributed by atoms with Crippen molar-refractivity contribution < 1.29 is 14.3 Å². The van der Waals surface area contributed by atoms with Gasteiger partial charge in [-0.1, -0.05) is 50.8 Å². The maximum Gasteiger partial charge on any atom is 0.411 e. The first-order valence-corrected chi connectivity index (χ1v) is 10.1. The van der Waals surface area contributed by atoms with Gasteiger partial charge in [0, 0.05) is 24.4 Å². The lowest BCUT2D eigenvalue weighted by Crippen LogP contribution is -2.30. The summed E-state index contributed by atoms with van der Waals surface area (Å²) in [7, 11) is 0. The Morgan fingerprint density at radius 2 is 1.85 bits per heavy atom. The van der Waals surface area contributed by atoms with Crippen molar-refractivity contribution in [2.24, 2.45) is 0 Å². The van der Waals surface area contributed by atoms with Crippen molar-refractivity contribution in [1.82, 2.24) is 4.90 Å². The highest BCUT2D eigenvalue weighted by Gasteiger charge is 2.11. The van der Waals surface area contributed by atoms with Gasteiger partial charge in [-0.15, -0.1) is 0 Å². The van der Waals surface area contributed by atoms with Crippen molar-refractivity contribution in [2.75, 3.05) is 38.2 Å². The Bertz CT molecular complexity index is 514. The lowest BCUT2D eigenvalue weighted by molar-refractivity contribution is 0.117. The summed E-state index contributed by atoms with van der Waals surface area (Å²) >= 11 is 0. The van der Waals surface area contributed by atoms with Crippen molar-refractivity contribution in [1.29, 1.82) is 0 Å². The first kappa shape index (κ1) is 20.7. The van der Waals surface area contributed by atoms with Crippen LogP contribution >= 0.6 is 0 Å². The van der Waals surface area contributed by atoms with Crippen LogP contribution in [-0.2, 0) is 16.1 Å². The second kappa shape index (κ2) is 12.7. The molecule has 5 nitrogen and oxygen atoms in total. The molecule has 1 amide bonds. The lowest BCUT2D eigenvalue weighted by atomic mass is 10.2. The molecule has 1 aliphatic rings. The molecule has 26 heavy (non-hydrogen) atoms. The first-order chi connectivity index (χ1) is 12.8. The maximum absolute atomic E-state index is 12.1. The van der Waals surface area contributed by atoms with Crippen LogP contribution in [-0.4, -0.2) is 43.8 Å². The molecular weight excluding hydrogens is 328 g/mol. The van der Waals surface area contributed by atoms with Crippen molar-refractivity contribution in [3.05, 3.63) is 29.8 Å². The molecule has 0 spiro atoms. The number of likely N-dealkylation sites (tertiary alicyclic amines) is 1. The fraction of sp³-hybridized carbons (Fsp3) is 0.667. The smallest absolute Gasteiger partial charge is 0.411 e. The Balaban J connectivity index is 1.70. The maximum atomic E-state index is 12.1. The minimum Gasteiger partial charge on any atom is -0.448 e. The quantitative estimate of drug-likeness (QED) is 0.606. The number of nitrogens with one attached hydrogen (secondary N) is 1. The topological polar surface area (TPSA) is 50.8 Å². The highest BCUT2D eigenvalue weighted by atomic mass is 16.5. The molecule has 1 heterocycles. The molecule has 5 heteroatoms. The van der Waals surface area contributed by atoms with Gasteiger partial charge in [0.2, 0.25) is 0 Å². The summed E-state index contributed by atoms with van der Waals surface area (Å²) < 4.78 is 11.1. The first-order valence-electron chi connectivity index (χ1n) is 10.1. The number of ether oxygens (including phenoxy) is 2. The third kappa shape index (κ3) is 8.19. The normalized spacial score (nSPS) is 15.4. The molecule has 0 unspecified atom stereocenters. The molecule has 1 fully saturated rings. The lowest BCUT2D eigenvalue weighted by Gasteiger charge is -2.19. The molecule has 146 valence electrons. The molecule has 0 aromatic heterocycles. The van der Waals surface area contributed by atoms with E-state index in [1.807, 2.05) is 24.3 Å². The predicted molar refractivity (Wildman–Crippen MR) is 106 cm³/mol. The van der Waals surface area contributed by atoms with E-state index in [1.54, 1.807) is 0 Å². The minimum absolute atomic E-state index is 0.391. The van der Waals surface area contributed by atoms with Gasteiger partial charge in [-0.25, -0.2) is 4.79 Å². The average molecular weight is 363 g/mol.